The molecule has 0 radical (unpaired) electrons. The summed E-state index contributed by atoms with van der Waals surface area (Å²) >= 11 is 0. The topological polar surface area (TPSA) is 97.8 Å². The van der Waals surface area contributed by atoms with Crippen LogP contribution in [0.2, 0.25) is 0 Å². The van der Waals surface area contributed by atoms with Crippen molar-refractivity contribution in [2.75, 3.05) is 0 Å². The fourth-order valence-electron chi connectivity index (χ4n) is 6.35. The summed E-state index contributed by atoms with van der Waals surface area (Å²) < 4.78 is 0. The van der Waals surface area contributed by atoms with Gasteiger partial charge in [-0.15, -0.1) is 0 Å². The van der Waals surface area contributed by atoms with Gasteiger partial charge in [0.05, 0.1) is 35.0 Å². The standard InChI is InChI=1S/C34H42N4O2/c1-9-11-23-17(3)25-13-27-19(5)33(21(7)39)32(37-27)15-28-20(6)34(22(8)40)31(38-28)14-26-18(4)24(12-10-2)30(36-26)16-29(23)35-25/h13-16,21-22,36-37,39-40H,9-12H2,1-8H3. The Morgan fingerprint density at radius 3 is 1.85 bits per heavy atom. The Kier molecular flexibility index (Phi) is 7.60. The number of aliphatic hydroxyl groups is 2. The van der Waals surface area contributed by atoms with Crippen LogP contribution in [0.25, 0.3) is 44.4 Å². The Morgan fingerprint density at radius 1 is 0.650 bits per heavy atom. The molecule has 0 saturated carbocycles. The van der Waals surface area contributed by atoms with E-state index in [0.717, 1.165) is 92.8 Å². The predicted octanol–water partition coefficient (Wildman–Crippen LogP) is 7.98. The van der Waals surface area contributed by atoms with Gasteiger partial charge < -0.3 is 20.2 Å². The van der Waals surface area contributed by atoms with Gasteiger partial charge in [-0.3, -0.25) is 0 Å². The maximum absolute atomic E-state index is 10.8. The number of fused-ring (bicyclic) bond motifs is 8. The number of aromatic amines is 2. The molecule has 3 aromatic heterocycles. The molecule has 0 spiro atoms. The predicted molar refractivity (Wildman–Crippen MR) is 167 cm³/mol. The minimum atomic E-state index is -0.670. The molecule has 0 fully saturated rings. The molecule has 8 bridgehead atoms. The van der Waals surface area contributed by atoms with E-state index in [-0.39, 0.29) is 0 Å². The second-order valence-electron chi connectivity index (χ2n) is 11.4. The quantitative estimate of drug-likeness (QED) is 0.256. The van der Waals surface area contributed by atoms with Crippen molar-refractivity contribution < 1.29 is 10.2 Å². The first-order valence-electron chi connectivity index (χ1n) is 14.6. The number of aromatic nitrogens is 4. The first kappa shape index (κ1) is 28.1. The van der Waals surface area contributed by atoms with Crippen LogP contribution in [0.4, 0.5) is 0 Å². The van der Waals surface area contributed by atoms with E-state index in [1.165, 1.54) is 22.3 Å². The molecule has 3 aromatic rings. The molecule has 2 aliphatic rings. The minimum absolute atomic E-state index is 0.658. The molecule has 40 heavy (non-hydrogen) atoms. The van der Waals surface area contributed by atoms with E-state index < -0.39 is 12.2 Å². The zero-order valence-electron chi connectivity index (χ0n) is 25.1. The van der Waals surface area contributed by atoms with Crippen LogP contribution < -0.4 is 0 Å². The number of aryl methyl sites for hydroxylation is 3. The van der Waals surface area contributed by atoms with E-state index in [1.54, 1.807) is 13.8 Å². The summed E-state index contributed by atoms with van der Waals surface area (Å²) in [6, 6.07) is 8.39. The summed E-state index contributed by atoms with van der Waals surface area (Å²) in [6.07, 6.45) is 2.67. The molecular formula is C34H42N4O2. The molecule has 6 nitrogen and oxygen atoms in total. The molecule has 0 amide bonds. The molecule has 5 heterocycles. The van der Waals surface area contributed by atoms with Crippen molar-refractivity contribution in [1.82, 2.24) is 19.9 Å². The molecule has 0 saturated heterocycles. The van der Waals surface area contributed by atoms with Crippen molar-refractivity contribution >= 4 is 44.4 Å². The van der Waals surface area contributed by atoms with E-state index in [2.05, 4.69) is 55.9 Å². The van der Waals surface area contributed by atoms with E-state index in [4.69, 9.17) is 9.97 Å². The summed E-state index contributed by atoms with van der Waals surface area (Å²) in [7, 11) is 0. The number of rotatable bonds is 6. The highest BCUT2D eigenvalue weighted by molar-refractivity contribution is 5.95. The van der Waals surface area contributed by atoms with Crippen LogP contribution in [-0.4, -0.2) is 36.3 Å². The second kappa shape index (κ2) is 10.8. The lowest BCUT2D eigenvalue weighted by molar-refractivity contribution is 0.200. The number of nitrogens with zero attached hydrogens (tertiary/aromatic N) is 2. The first-order chi connectivity index (χ1) is 19.0. The van der Waals surface area contributed by atoms with Crippen LogP contribution in [0.3, 0.4) is 0 Å². The van der Waals surface area contributed by atoms with Gasteiger partial charge in [0.15, 0.2) is 0 Å². The van der Waals surface area contributed by atoms with Crippen LogP contribution in [-0.2, 0) is 6.42 Å². The van der Waals surface area contributed by atoms with Crippen molar-refractivity contribution in [2.45, 2.75) is 93.3 Å². The van der Waals surface area contributed by atoms with Gasteiger partial charge >= 0.3 is 0 Å². The van der Waals surface area contributed by atoms with Crippen LogP contribution in [0.15, 0.2) is 24.3 Å². The molecule has 0 aliphatic carbocycles. The SMILES string of the molecule is CCCC1=C(C)c2cc3[nH]c(cc4nc(cc5[nH]c(cc1n2)c(CCC)c5C)C(C(C)O)=C4C)c(C(C)O)c3C. The lowest BCUT2D eigenvalue weighted by atomic mass is 10.00. The summed E-state index contributed by atoms with van der Waals surface area (Å²) in [5, 5.41) is 21.6. The highest BCUT2D eigenvalue weighted by atomic mass is 16.3. The number of aliphatic hydroxyl groups excluding tert-OH is 2. The van der Waals surface area contributed by atoms with Crippen LogP contribution in [0.1, 0.15) is 112 Å². The number of allylic oxidation sites excluding steroid dienone is 3. The van der Waals surface area contributed by atoms with Crippen LogP contribution in [0.5, 0.6) is 0 Å². The molecule has 2 unspecified atom stereocenters. The van der Waals surface area contributed by atoms with Crippen molar-refractivity contribution in [3.05, 3.63) is 69.3 Å². The summed E-state index contributed by atoms with van der Waals surface area (Å²) in [5.41, 5.74) is 15.9. The zero-order valence-corrected chi connectivity index (χ0v) is 25.1. The van der Waals surface area contributed by atoms with Gasteiger partial charge in [-0.2, -0.15) is 0 Å². The van der Waals surface area contributed by atoms with Crippen LogP contribution in [0, 0.1) is 13.8 Å². The monoisotopic (exact) mass is 538 g/mol. The fraction of sp³-hybridized carbons (Fsp3) is 0.412. The molecule has 2 atom stereocenters. The average Bonchev–Trinajstić information content (AvgIpc) is 3.55. The lowest BCUT2D eigenvalue weighted by Crippen LogP contribution is -2.02. The summed E-state index contributed by atoms with van der Waals surface area (Å²) in [5.74, 6) is 0. The van der Waals surface area contributed by atoms with Gasteiger partial charge in [-0.1, -0.05) is 26.7 Å². The third-order valence-corrected chi connectivity index (χ3v) is 8.47. The van der Waals surface area contributed by atoms with Crippen LogP contribution >= 0.6 is 0 Å². The Labute approximate surface area is 237 Å². The molecule has 6 heteroatoms. The lowest BCUT2D eigenvalue weighted by Gasteiger charge is -2.07. The highest BCUT2D eigenvalue weighted by Gasteiger charge is 2.23. The van der Waals surface area contributed by atoms with Gasteiger partial charge in [0.25, 0.3) is 0 Å². The van der Waals surface area contributed by atoms with Crippen molar-refractivity contribution in [3.8, 4) is 0 Å². The van der Waals surface area contributed by atoms with Gasteiger partial charge in [0.1, 0.15) is 0 Å². The normalized spacial score (nSPS) is 15.2. The average molecular weight is 539 g/mol. The zero-order chi connectivity index (χ0) is 28.9. The highest BCUT2D eigenvalue weighted by Crippen LogP contribution is 2.37. The maximum Gasteiger partial charge on any atom is 0.0786 e. The van der Waals surface area contributed by atoms with E-state index in [1.807, 2.05) is 19.9 Å². The van der Waals surface area contributed by atoms with E-state index >= 15 is 0 Å². The van der Waals surface area contributed by atoms with Gasteiger partial charge in [-0.05, 0) is 112 Å². The largest absolute Gasteiger partial charge is 0.389 e. The van der Waals surface area contributed by atoms with Crippen molar-refractivity contribution in [3.63, 3.8) is 0 Å². The summed E-state index contributed by atoms with van der Waals surface area (Å²) in [4.78, 5) is 17.4. The van der Waals surface area contributed by atoms with Crippen molar-refractivity contribution in [1.29, 1.82) is 0 Å². The third-order valence-electron chi connectivity index (χ3n) is 8.47. The fourth-order valence-corrected chi connectivity index (χ4v) is 6.35. The Bertz CT molecular complexity index is 1710. The molecule has 4 N–H and O–H groups in total. The molecule has 210 valence electrons. The second-order valence-corrected chi connectivity index (χ2v) is 11.4. The van der Waals surface area contributed by atoms with E-state index in [9.17, 15) is 10.2 Å². The molecular weight excluding hydrogens is 496 g/mol. The third kappa shape index (κ3) is 4.73. The van der Waals surface area contributed by atoms with Gasteiger partial charge in [0.2, 0.25) is 0 Å². The number of hydrogen-bond acceptors (Lipinski definition) is 4. The Morgan fingerprint density at radius 2 is 1.20 bits per heavy atom. The van der Waals surface area contributed by atoms with Crippen molar-refractivity contribution in [2.24, 2.45) is 0 Å². The Balaban J connectivity index is 2.00. The Hall–Kier alpha value is -3.48. The molecule has 2 aliphatic heterocycles. The number of hydrogen-bond donors (Lipinski definition) is 4. The maximum atomic E-state index is 10.8. The van der Waals surface area contributed by atoms with E-state index in [0.29, 0.717) is 0 Å². The summed E-state index contributed by atoms with van der Waals surface area (Å²) in [6.45, 7) is 16.4. The number of nitrogens with one attached hydrogen (secondary N) is 2. The van der Waals surface area contributed by atoms with Gasteiger partial charge in [0, 0.05) is 33.2 Å². The molecule has 5 rings (SSSR count). The number of H-pyrrole nitrogens is 2. The first-order valence-corrected chi connectivity index (χ1v) is 14.6. The molecule has 0 aromatic carbocycles. The minimum Gasteiger partial charge on any atom is -0.389 e. The van der Waals surface area contributed by atoms with Gasteiger partial charge in [-0.25, -0.2) is 9.97 Å². The smallest absolute Gasteiger partial charge is 0.0786 e.